The number of alkyl halides is 2. The maximum absolute atomic E-state index is 13.4. The van der Waals surface area contributed by atoms with Gasteiger partial charge in [-0.1, -0.05) is 20.3 Å². The molecule has 0 amide bonds. The Morgan fingerprint density at radius 2 is 1.93 bits per heavy atom. The maximum Gasteiger partial charge on any atom is 0.157 e. The lowest BCUT2D eigenvalue weighted by Gasteiger charge is -2.32. The minimum Gasteiger partial charge on any atom is -0.375 e. The summed E-state index contributed by atoms with van der Waals surface area (Å²) in [5.74, 6) is -0.156. The van der Waals surface area contributed by atoms with Crippen molar-refractivity contribution in [3.63, 3.8) is 0 Å². The van der Waals surface area contributed by atoms with Gasteiger partial charge in [0.05, 0.1) is 6.10 Å². The zero-order valence-electron chi connectivity index (χ0n) is 9.01. The van der Waals surface area contributed by atoms with Crippen molar-refractivity contribution in [2.45, 2.75) is 58.0 Å². The van der Waals surface area contributed by atoms with Gasteiger partial charge in [-0.15, -0.1) is 0 Å². The fourth-order valence-corrected chi connectivity index (χ4v) is 1.82. The molecule has 1 aliphatic rings. The number of rotatable bonds is 4. The van der Waals surface area contributed by atoms with E-state index in [9.17, 15) is 8.78 Å². The van der Waals surface area contributed by atoms with E-state index in [1.54, 1.807) is 6.92 Å². The summed E-state index contributed by atoms with van der Waals surface area (Å²) < 4.78 is 32.0. The highest BCUT2D eigenvalue weighted by molar-refractivity contribution is 4.86. The van der Waals surface area contributed by atoms with Crippen LogP contribution < -0.4 is 0 Å². The second-order valence-corrected chi connectivity index (χ2v) is 4.21. The Balaban J connectivity index is 2.31. The molecule has 0 aromatic carbocycles. The Bertz CT molecular complexity index is 163. The van der Waals surface area contributed by atoms with Gasteiger partial charge in [-0.25, -0.2) is 8.78 Å². The van der Waals surface area contributed by atoms with E-state index in [1.165, 1.54) is 0 Å². The van der Waals surface area contributed by atoms with E-state index in [0.29, 0.717) is 13.0 Å². The average molecular weight is 206 g/mol. The van der Waals surface area contributed by atoms with Gasteiger partial charge in [0.15, 0.2) is 6.17 Å². The van der Waals surface area contributed by atoms with E-state index < -0.39 is 18.4 Å². The number of unbranched alkanes of at least 4 members (excludes halogenated alkanes) is 1. The highest BCUT2D eigenvalue weighted by atomic mass is 19.2. The van der Waals surface area contributed by atoms with Gasteiger partial charge in [0.2, 0.25) is 0 Å². The monoisotopic (exact) mass is 206 g/mol. The molecule has 1 rings (SSSR count). The Morgan fingerprint density at radius 3 is 2.57 bits per heavy atom. The summed E-state index contributed by atoms with van der Waals surface area (Å²) in [5.41, 5.74) is 0. The molecular formula is C11H20F2O. The summed E-state index contributed by atoms with van der Waals surface area (Å²) in [6, 6.07) is 0. The first kappa shape index (κ1) is 11.9. The summed E-state index contributed by atoms with van der Waals surface area (Å²) in [4.78, 5) is 0. The van der Waals surface area contributed by atoms with E-state index in [-0.39, 0.29) is 5.92 Å². The molecule has 1 fully saturated rings. The van der Waals surface area contributed by atoms with E-state index >= 15 is 0 Å². The Labute approximate surface area is 84.8 Å². The third-order valence-electron chi connectivity index (χ3n) is 2.94. The van der Waals surface area contributed by atoms with Gasteiger partial charge in [-0.2, -0.15) is 0 Å². The second-order valence-electron chi connectivity index (χ2n) is 4.21. The van der Waals surface area contributed by atoms with Crippen LogP contribution in [0.25, 0.3) is 0 Å². The van der Waals surface area contributed by atoms with Gasteiger partial charge >= 0.3 is 0 Å². The molecule has 0 heterocycles. The van der Waals surface area contributed by atoms with Crippen molar-refractivity contribution in [2.24, 2.45) is 5.92 Å². The van der Waals surface area contributed by atoms with Crippen LogP contribution in [0.3, 0.4) is 0 Å². The third-order valence-corrected chi connectivity index (χ3v) is 2.94. The van der Waals surface area contributed by atoms with Crippen molar-refractivity contribution in [1.82, 2.24) is 0 Å². The Kier molecular flexibility index (Phi) is 4.79. The lowest BCUT2D eigenvalue weighted by molar-refractivity contribution is -0.0717. The first-order valence-electron chi connectivity index (χ1n) is 5.56. The molecule has 3 heteroatoms. The van der Waals surface area contributed by atoms with Crippen LogP contribution in [-0.2, 0) is 4.74 Å². The molecule has 14 heavy (non-hydrogen) atoms. The van der Waals surface area contributed by atoms with Crippen LogP contribution in [0.15, 0.2) is 0 Å². The van der Waals surface area contributed by atoms with Gasteiger partial charge in [0.25, 0.3) is 0 Å². The van der Waals surface area contributed by atoms with E-state index in [4.69, 9.17) is 4.74 Å². The van der Waals surface area contributed by atoms with Gasteiger partial charge in [-0.3, -0.25) is 0 Å². The molecule has 0 bridgehead atoms. The van der Waals surface area contributed by atoms with Gasteiger partial charge in [0, 0.05) is 6.61 Å². The quantitative estimate of drug-likeness (QED) is 0.641. The van der Waals surface area contributed by atoms with Gasteiger partial charge in [-0.05, 0) is 25.2 Å². The molecule has 84 valence electrons. The molecule has 1 aliphatic carbocycles. The minimum atomic E-state index is -1.42. The maximum atomic E-state index is 13.4. The van der Waals surface area contributed by atoms with Crippen LogP contribution in [0.5, 0.6) is 0 Å². The standard InChI is InChI=1S/C11H20F2O/c1-3-4-7-14-9-6-5-8(2)10(12)11(9)13/h8-11H,3-7H2,1-2H3. The minimum absolute atomic E-state index is 0.156. The lowest BCUT2D eigenvalue weighted by atomic mass is 9.85. The van der Waals surface area contributed by atoms with Crippen molar-refractivity contribution >= 4 is 0 Å². The molecule has 1 nitrogen and oxygen atoms in total. The van der Waals surface area contributed by atoms with E-state index in [1.807, 2.05) is 0 Å². The predicted octanol–water partition coefficient (Wildman–Crippen LogP) is 3.28. The first-order chi connectivity index (χ1) is 6.66. The zero-order valence-corrected chi connectivity index (χ0v) is 9.01. The fourth-order valence-electron chi connectivity index (χ4n) is 1.82. The van der Waals surface area contributed by atoms with Gasteiger partial charge < -0.3 is 4.74 Å². The molecule has 0 radical (unpaired) electrons. The molecule has 0 spiro atoms. The summed E-state index contributed by atoms with van der Waals surface area (Å²) in [6.07, 6.45) is 0.0819. The Morgan fingerprint density at radius 1 is 1.21 bits per heavy atom. The molecule has 1 saturated carbocycles. The normalized spacial score (nSPS) is 38.6. The van der Waals surface area contributed by atoms with Gasteiger partial charge in [0.1, 0.15) is 6.17 Å². The number of hydrogen-bond donors (Lipinski definition) is 0. The van der Waals surface area contributed by atoms with Crippen LogP contribution in [0.4, 0.5) is 8.78 Å². The number of ether oxygens (including phenoxy) is 1. The lowest BCUT2D eigenvalue weighted by Crippen LogP contribution is -2.41. The summed E-state index contributed by atoms with van der Waals surface area (Å²) in [6.45, 7) is 4.37. The largest absolute Gasteiger partial charge is 0.375 e. The molecule has 0 N–H and O–H groups in total. The summed E-state index contributed by atoms with van der Waals surface area (Å²) >= 11 is 0. The molecule has 4 unspecified atom stereocenters. The van der Waals surface area contributed by atoms with E-state index in [2.05, 4.69) is 6.92 Å². The highest BCUT2D eigenvalue weighted by Crippen LogP contribution is 2.31. The molecule has 0 aromatic heterocycles. The second kappa shape index (κ2) is 5.64. The molecular weight excluding hydrogens is 186 g/mol. The third kappa shape index (κ3) is 2.91. The van der Waals surface area contributed by atoms with E-state index in [0.717, 1.165) is 19.3 Å². The summed E-state index contributed by atoms with van der Waals surface area (Å²) in [5, 5.41) is 0. The smallest absolute Gasteiger partial charge is 0.157 e. The molecule has 0 aliphatic heterocycles. The molecule has 0 aromatic rings. The summed E-state index contributed by atoms with van der Waals surface area (Å²) in [7, 11) is 0. The Hall–Kier alpha value is -0.180. The zero-order chi connectivity index (χ0) is 10.6. The topological polar surface area (TPSA) is 9.23 Å². The average Bonchev–Trinajstić information content (AvgIpc) is 2.18. The van der Waals surface area contributed by atoms with Crippen molar-refractivity contribution in [1.29, 1.82) is 0 Å². The first-order valence-corrected chi connectivity index (χ1v) is 5.56. The number of hydrogen-bond acceptors (Lipinski definition) is 1. The predicted molar refractivity (Wildman–Crippen MR) is 52.8 cm³/mol. The van der Waals surface area contributed by atoms with Crippen molar-refractivity contribution in [3.8, 4) is 0 Å². The number of halogens is 2. The highest BCUT2D eigenvalue weighted by Gasteiger charge is 2.38. The van der Waals surface area contributed by atoms with Crippen LogP contribution in [0.2, 0.25) is 0 Å². The van der Waals surface area contributed by atoms with Crippen molar-refractivity contribution in [3.05, 3.63) is 0 Å². The molecule has 0 saturated heterocycles. The van der Waals surface area contributed by atoms with Crippen molar-refractivity contribution < 1.29 is 13.5 Å². The molecule has 4 atom stereocenters. The SMILES string of the molecule is CCCCOC1CCC(C)C(F)C1F. The van der Waals surface area contributed by atoms with Crippen LogP contribution in [0.1, 0.15) is 39.5 Å². The fraction of sp³-hybridized carbons (Fsp3) is 1.00. The van der Waals surface area contributed by atoms with Crippen molar-refractivity contribution in [2.75, 3.05) is 6.61 Å². The van der Waals surface area contributed by atoms with Crippen LogP contribution in [-0.4, -0.2) is 25.1 Å². The van der Waals surface area contributed by atoms with Crippen LogP contribution >= 0.6 is 0 Å². The van der Waals surface area contributed by atoms with Crippen LogP contribution in [0, 0.1) is 5.92 Å².